The van der Waals surface area contributed by atoms with Crippen LogP contribution in [0.1, 0.15) is 18.4 Å². The Bertz CT molecular complexity index is 1130. The number of benzene rings is 1. The maximum absolute atomic E-state index is 13.1. The van der Waals surface area contributed by atoms with Gasteiger partial charge in [-0.2, -0.15) is 0 Å². The van der Waals surface area contributed by atoms with Gasteiger partial charge in [-0.05, 0) is 30.5 Å². The average molecular weight is 394 g/mol. The number of hydrogen-bond donors (Lipinski definition) is 1. The molecule has 29 heavy (non-hydrogen) atoms. The van der Waals surface area contributed by atoms with Crippen LogP contribution in [-0.4, -0.2) is 39.3 Å². The fraction of sp³-hybridized carbons (Fsp3) is 0.333. The summed E-state index contributed by atoms with van der Waals surface area (Å²) >= 11 is 0. The van der Waals surface area contributed by atoms with Crippen molar-refractivity contribution >= 4 is 16.9 Å². The molecule has 1 aliphatic heterocycles. The third kappa shape index (κ3) is 4.12. The molecule has 150 valence electrons. The predicted octanol–water partition coefficient (Wildman–Crippen LogP) is 0.902. The number of aromatic nitrogens is 3. The van der Waals surface area contributed by atoms with E-state index >= 15 is 0 Å². The number of amides is 1. The molecule has 3 aromatic rings. The standard InChI is InChI=1S/C21H22N4O4/c26-18(23-12-16-8-5-11-29-16)14-24-17-9-4-10-22-19(17)20(27)25(21(24)28)13-15-6-2-1-3-7-15/h1-4,6-7,9-10,16H,5,8,11-14H2,(H,23,26). The Hall–Kier alpha value is -3.26. The van der Waals surface area contributed by atoms with E-state index in [0.717, 1.165) is 23.0 Å². The lowest BCUT2D eigenvalue weighted by Gasteiger charge is -2.15. The van der Waals surface area contributed by atoms with Crippen LogP contribution >= 0.6 is 0 Å². The van der Waals surface area contributed by atoms with Gasteiger partial charge in [-0.15, -0.1) is 0 Å². The van der Waals surface area contributed by atoms with Crippen LogP contribution in [0.2, 0.25) is 0 Å². The zero-order valence-corrected chi connectivity index (χ0v) is 15.9. The first-order valence-corrected chi connectivity index (χ1v) is 9.64. The van der Waals surface area contributed by atoms with Crippen molar-refractivity contribution < 1.29 is 9.53 Å². The van der Waals surface area contributed by atoms with Crippen LogP contribution in [0.15, 0.2) is 58.3 Å². The molecule has 1 fully saturated rings. The number of rotatable bonds is 6. The molecule has 8 heteroatoms. The van der Waals surface area contributed by atoms with Gasteiger partial charge in [0.25, 0.3) is 5.56 Å². The zero-order chi connectivity index (χ0) is 20.2. The van der Waals surface area contributed by atoms with Crippen molar-refractivity contribution in [3.63, 3.8) is 0 Å². The molecule has 1 atom stereocenters. The Balaban J connectivity index is 1.67. The second kappa shape index (κ2) is 8.40. The number of nitrogens with one attached hydrogen (secondary N) is 1. The molecule has 2 aromatic heterocycles. The molecular formula is C21H22N4O4. The number of pyridine rings is 1. The first kappa shape index (κ1) is 19.1. The van der Waals surface area contributed by atoms with Crippen molar-refractivity contribution in [3.8, 4) is 0 Å². The summed E-state index contributed by atoms with van der Waals surface area (Å²) in [5.41, 5.74) is 0.322. The summed E-state index contributed by atoms with van der Waals surface area (Å²) in [6.07, 6.45) is 3.42. The fourth-order valence-corrected chi connectivity index (χ4v) is 3.53. The molecule has 0 radical (unpaired) electrons. The molecule has 1 aliphatic rings. The highest BCUT2D eigenvalue weighted by Gasteiger charge is 2.19. The topological polar surface area (TPSA) is 95.2 Å². The van der Waals surface area contributed by atoms with E-state index in [1.165, 1.54) is 10.8 Å². The van der Waals surface area contributed by atoms with E-state index in [1.807, 2.05) is 30.3 Å². The predicted molar refractivity (Wildman–Crippen MR) is 108 cm³/mol. The van der Waals surface area contributed by atoms with Crippen LogP contribution in [0.25, 0.3) is 11.0 Å². The minimum atomic E-state index is -0.536. The highest BCUT2D eigenvalue weighted by molar-refractivity contribution is 5.79. The summed E-state index contributed by atoms with van der Waals surface area (Å²) in [4.78, 5) is 42.6. The first-order chi connectivity index (χ1) is 14.1. The molecule has 1 N–H and O–H groups in total. The summed E-state index contributed by atoms with van der Waals surface area (Å²) in [5, 5.41) is 2.82. The number of carbonyl (C=O) groups is 1. The summed E-state index contributed by atoms with van der Waals surface area (Å²) in [5.74, 6) is -0.308. The van der Waals surface area contributed by atoms with Crippen LogP contribution < -0.4 is 16.6 Å². The molecule has 1 aromatic carbocycles. The van der Waals surface area contributed by atoms with Gasteiger partial charge < -0.3 is 10.1 Å². The maximum atomic E-state index is 13.1. The van der Waals surface area contributed by atoms with Crippen molar-refractivity contribution in [2.75, 3.05) is 13.2 Å². The molecule has 0 bridgehead atoms. The molecule has 1 amide bonds. The summed E-state index contributed by atoms with van der Waals surface area (Å²) < 4.78 is 7.94. The van der Waals surface area contributed by atoms with Gasteiger partial charge >= 0.3 is 5.69 Å². The molecule has 0 saturated carbocycles. The average Bonchev–Trinajstić information content (AvgIpc) is 3.27. The third-order valence-electron chi connectivity index (χ3n) is 5.02. The summed E-state index contributed by atoms with van der Waals surface area (Å²) in [7, 11) is 0. The fourth-order valence-electron chi connectivity index (χ4n) is 3.53. The highest BCUT2D eigenvalue weighted by atomic mass is 16.5. The van der Waals surface area contributed by atoms with Crippen molar-refractivity contribution in [1.29, 1.82) is 0 Å². The van der Waals surface area contributed by atoms with Crippen molar-refractivity contribution in [1.82, 2.24) is 19.4 Å². The van der Waals surface area contributed by atoms with E-state index in [9.17, 15) is 14.4 Å². The second-order valence-corrected chi connectivity index (χ2v) is 7.06. The van der Waals surface area contributed by atoms with E-state index in [1.54, 1.807) is 12.1 Å². The van der Waals surface area contributed by atoms with Gasteiger partial charge in [0.15, 0.2) is 5.52 Å². The van der Waals surface area contributed by atoms with Gasteiger partial charge in [0, 0.05) is 19.3 Å². The number of nitrogens with zero attached hydrogens (tertiary/aromatic N) is 3. The maximum Gasteiger partial charge on any atom is 0.332 e. The molecule has 8 nitrogen and oxygen atoms in total. The monoisotopic (exact) mass is 394 g/mol. The molecule has 1 unspecified atom stereocenters. The van der Waals surface area contributed by atoms with Gasteiger partial charge in [0.1, 0.15) is 6.54 Å². The lowest BCUT2D eigenvalue weighted by atomic mass is 10.2. The van der Waals surface area contributed by atoms with Gasteiger partial charge in [0.05, 0.1) is 18.2 Å². The second-order valence-electron chi connectivity index (χ2n) is 7.06. The Labute approximate surface area is 166 Å². The van der Waals surface area contributed by atoms with Gasteiger partial charge in [-0.1, -0.05) is 30.3 Å². The van der Waals surface area contributed by atoms with E-state index < -0.39 is 11.2 Å². The third-order valence-corrected chi connectivity index (χ3v) is 5.02. The van der Waals surface area contributed by atoms with E-state index in [2.05, 4.69) is 10.3 Å². The van der Waals surface area contributed by atoms with Gasteiger partial charge in [0.2, 0.25) is 5.91 Å². The number of ether oxygens (including phenoxy) is 1. The van der Waals surface area contributed by atoms with Crippen molar-refractivity contribution in [2.24, 2.45) is 0 Å². The van der Waals surface area contributed by atoms with Crippen LogP contribution in [0.5, 0.6) is 0 Å². The summed E-state index contributed by atoms with van der Waals surface area (Å²) in [6.45, 7) is 1.04. The number of hydrogen-bond acceptors (Lipinski definition) is 5. The Morgan fingerprint density at radius 3 is 2.72 bits per heavy atom. The molecular weight excluding hydrogens is 372 g/mol. The lowest BCUT2D eigenvalue weighted by Crippen LogP contribution is -2.43. The van der Waals surface area contributed by atoms with Crippen molar-refractivity contribution in [2.45, 2.75) is 32.0 Å². The van der Waals surface area contributed by atoms with Crippen LogP contribution in [0, 0.1) is 0 Å². The highest BCUT2D eigenvalue weighted by Crippen LogP contribution is 2.10. The summed E-state index contributed by atoms with van der Waals surface area (Å²) in [6, 6.07) is 12.5. The first-order valence-electron chi connectivity index (χ1n) is 9.64. The SMILES string of the molecule is O=C(Cn1c(=O)n(Cc2ccccc2)c(=O)c2ncccc21)NCC1CCCO1. The van der Waals surface area contributed by atoms with Gasteiger partial charge in [-0.25, -0.2) is 9.78 Å². The van der Waals surface area contributed by atoms with Crippen LogP contribution in [-0.2, 0) is 22.6 Å². The van der Waals surface area contributed by atoms with E-state index in [-0.39, 0.29) is 30.6 Å². The zero-order valence-electron chi connectivity index (χ0n) is 15.9. The van der Waals surface area contributed by atoms with Gasteiger partial charge in [-0.3, -0.25) is 18.7 Å². The normalized spacial score (nSPS) is 16.2. The Morgan fingerprint density at radius 1 is 1.14 bits per heavy atom. The molecule has 0 spiro atoms. The number of fused-ring (bicyclic) bond motifs is 1. The van der Waals surface area contributed by atoms with Crippen LogP contribution in [0.3, 0.4) is 0 Å². The quantitative estimate of drug-likeness (QED) is 0.670. The number of carbonyl (C=O) groups excluding carboxylic acids is 1. The largest absolute Gasteiger partial charge is 0.376 e. The van der Waals surface area contributed by atoms with E-state index in [0.29, 0.717) is 18.7 Å². The molecule has 1 saturated heterocycles. The Morgan fingerprint density at radius 2 is 1.97 bits per heavy atom. The van der Waals surface area contributed by atoms with E-state index in [4.69, 9.17) is 4.74 Å². The Kier molecular flexibility index (Phi) is 5.53. The lowest BCUT2D eigenvalue weighted by molar-refractivity contribution is -0.122. The molecule has 3 heterocycles. The minimum Gasteiger partial charge on any atom is -0.376 e. The van der Waals surface area contributed by atoms with Crippen LogP contribution in [0.4, 0.5) is 0 Å². The van der Waals surface area contributed by atoms with Crippen molar-refractivity contribution in [3.05, 3.63) is 75.1 Å². The minimum absolute atomic E-state index is 0.0149. The smallest absolute Gasteiger partial charge is 0.332 e. The molecule has 4 rings (SSSR count). The molecule has 0 aliphatic carbocycles.